The predicted octanol–water partition coefficient (Wildman–Crippen LogP) is 2.66. The molecule has 0 fully saturated rings. The molecule has 0 saturated carbocycles. The van der Waals surface area contributed by atoms with Crippen LogP contribution in [-0.2, 0) is 0 Å². The summed E-state index contributed by atoms with van der Waals surface area (Å²) in [6, 6.07) is 3.52. The molecule has 0 spiro atoms. The highest BCUT2D eigenvalue weighted by atomic mass is 79.9. The number of hydrogen-bond acceptors (Lipinski definition) is 4. The summed E-state index contributed by atoms with van der Waals surface area (Å²) in [5.41, 5.74) is 0.727. The van der Waals surface area contributed by atoms with E-state index in [1.165, 1.54) is 6.21 Å². The van der Waals surface area contributed by atoms with Gasteiger partial charge < -0.3 is 14.7 Å². The van der Waals surface area contributed by atoms with Crippen molar-refractivity contribution < 1.29 is 14.7 Å². The van der Waals surface area contributed by atoms with Crippen LogP contribution in [0.2, 0.25) is 0 Å². The monoisotopic (exact) mass is 273 g/mol. The second-order valence-electron chi connectivity index (χ2n) is 2.71. The van der Waals surface area contributed by atoms with Crippen molar-refractivity contribution in [1.82, 2.24) is 0 Å². The van der Waals surface area contributed by atoms with Gasteiger partial charge in [0, 0.05) is 5.56 Å². The zero-order valence-electron chi connectivity index (χ0n) is 8.53. The normalized spacial score (nSPS) is 10.6. The summed E-state index contributed by atoms with van der Waals surface area (Å²) in [5, 5.41) is 11.4. The molecule has 1 N–H and O–H groups in total. The van der Waals surface area contributed by atoms with E-state index in [0.29, 0.717) is 18.1 Å². The van der Waals surface area contributed by atoms with E-state index < -0.39 is 0 Å². The molecular formula is C10H12BrNO3. The molecule has 1 rings (SSSR count). The van der Waals surface area contributed by atoms with Crippen LogP contribution in [0.15, 0.2) is 21.8 Å². The van der Waals surface area contributed by atoms with Crippen LogP contribution in [0.3, 0.4) is 0 Å². The summed E-state index contributed by atoms with van der Waals surface area (Å²) in [4.78, 5) is 0. The lowest BCUT2D eigenvalue weighted by Crippen LogP contribution is -1.97. The molecule has 0 heterocycles. The largest absolute Gasteiger partial charge is 0.493 e. The Balaban J connectivity index is 3.17. The topological polar surface area (TPSA) is 51.0 Å². The van der Waals surface area contributed by atoms with Crippen molar-refractivity contribution in [2.45, 2.75) is 6.92 Å². The number of benzene rings is 1. The van der Waals surface area contributed by atoms with E-state index in [-0.39, 0.29) is 0 Å². The number of hydrogen-bond donors (Lipinski definition) is 1. The molecular weight excluding hydrogens is 262 g/mol. The maximum absolute atomic E-state index is 8.43. The Labute approximate surface area is 96.6 Å². The molecule has 0 amide bonds. The molecule has 0 saturated heterocycles. The first-order chi connectivity index (χ1) is 7.22. The molecule has 0 radical (unpaired) electrons. The van der Waals surface area contributed by atoms with Crippen molar-refractivity contribution in [3.8, 4) is 11.5 Å². The average Bonchev–Trinajstić information content (AvgIpc) is 2.22. The molecule has 0 aliphatic rings. The number of halogens is 1. The van der Waals surface area contributed by atoms with Gasteiger partial charge in [-0.25, -0.2) is 0 Å². The minimum atomic E-state index is 0.558. The SMILES string of the molecule is CCOc1c(Br)cc(/C=N/O)cc1OC. The van der Waals surface area contributed by atoms with Crippen LogP contribution in [-0.4, -0.2) is 25.1 Å². The van der Waals surface area contributed by atoms with E-state index >= 15 is 0 Å². The van der Waals surface area contributed by atoms with E-state index in [2.05, 4.69) is 21.1 Å². The Morgan fingerprint density at radius 1 is 1.53 bits per heavy atom. The molecule has 0 aromatic heterocycles. The standard InChI is InChI=1S/C10H12BrNO3/c1-3-15-10-8(11)4-7(6-12-13)5-9(10)14-2/h4-6,13H,3H2,1-2H3/b12-6+. The average molecular weight is 274 g/mol. The first kappa shape index (κ1) is 11.8. The Bertz CT molecular complexity index is 366. The Kier molecular flexibility index (Phi) is 4.42. The number of ether oxygens (including phenoxy) is 2. The van der Waals surface area contributed by atoms with Gasteiger partial charge in [-0.15, -0.1) is 0 Å². The Hall–Kier alpha value is -1.23. The van der Waals surface area contributed by atoms with Crippen molar-refractivity contribution in [2.75, 3.05) is 13.7 Å². The molecule has 0 atom stereocenters. The van der Waals surface area contributed by atoms with Gasteiger partial charge in [-0.2, -0.15) is 0 Å². The van der Waals surface area contributed by atoms with Crippen LogP contribution in [0.4, 0.5) is 0 Å². The molecule has 4 nitrogen and oxygen atoms in total. The molecule has 0 aliphatic heterocycles. The van der Waals surface area contributed by atoms with Crippen LogP contribution in [0, 0.1) is 0 Å². The summed E-state index contributed by atoms with van der Waals surface area (Å²) < 4.78 is 11.3. The lowest BCUT2D eigenvalue weighted by Gasteiger charge is -2.11. The van der Waals surface area contributed by atoms with Gasteiger partial charge >= 0.3 is 0 Å². The van der Waals surface area contributed by atoms with Gasteiger partial charge in [0.05, 0.1) is 24.4 Å². The molecule has 1 aromatic carbocycles. The Morgan fingerprint density at radius 2 is 2.27 bits per heavy atom. The van der Waals surface area contributed by atoms with E-state index in [4.69, 9.17) is 14.7 Å². The van der Waals surface area contributed by atoms with E-state index in [9.17, 15) is 0 Å². The fourth-order valence-electron chi connectivity index (χ4n) is 1.17. The third-order valence-corrected chi connectivity index (χ3v) is 2.34. The molecule has 1 aromatic rings. The second kappa shape index (κ2) is 5.60. The Morgan fingerprint density at radius 3 is 2.80 bits per heavy atom. The first-order valence-electron chi connectivity index (χ1n) is 4.40. The zero-order chi connectivity index (χ0) is 11.3. The summed E-state index contributed by atoms with van der Waals surface area (Å²) in [7, 11) is 1.56. The maximum Gasteiger partial charge on any atom is 0.175 e. The maximum atomic E-state index is 8.43. The molecule has 0 bridgehead atoms. The fourth-order valence-corrected chi connectivity index (χ4v) is 1.74. The van der Waals surface area contributed by atoms with Crippen LogP contribution in [0.25, 0.3) is 0 Å². The summed E-state index contributed by atoms with van der Waals surface area (Å²) in [6.45, 7) is 2.46. The minimum Gasteiger partial charge on any atom is -0.493 e. The highest BCUT2D eigenvalue weighted by Crippen LogP contribution is 2.36. The molecule has 0 aliphatic carbocycles. The van der Waals surface area contributed by atoms with Crippen molar-refractivity contribution >= 4 is 22.1 Å². The predicted molar refractivity (Wildman–Crippen MR) is 61.2 cm³/mol. The number of nitrogens with zero attached hydrogens (tertiary/aromatic N) is 1. The lowest BCUT2D eigenvalue weighted by atomic mass is 10.2. The number of oxime groups is 1. The van der Waals surface area contributed by atoms with Crippen LogP contribution in [0.1, 0.15) is 12.5 Å². The van der Waals surface area contributed by atoms with Crippen molar-refractivity contribution in [3.05, 3.63) is 22.2 Å². The molecule has 5 heteroatoms. The third-order valence-electron chi connectivity index (χ3n) is 1.75. The van der Waals surface area contributed by atoms with Gasteiger partial charge in [-0.05, 0) is 35.0 Å². The fraction of sp³-hybridized carbons (Fsp3) is 0.300. The minimum absolute atomic E-state index is 0.558. The van der Waals surface area contributed by atoms with Gasteiger partial charge in [0.25, 0.3) is 0 Å². The number of methoxy groups -OCH3 is 1. The van der Waals surface area contributed by atoms with E-state index in [1.54, 1.807) is 19.2 Å². The van der Waals surface area contributed by atoms with E-state index in [0.717, 1.165) is 10.0 Å². The lowest BCUT2D eigenvalue weighted by molar-refractivity contribution is 0.308. The highest BCUT2D eigenvalue weighted by molar-refractivity contribution is 9.10. The van der Waals surface area contributed by atoms with Crippen LogP contribution in [0.5, 0.6) is 11.5 Å². The van der Waals surface area contributed by atoms with Gasteiger partial charge in [0.2, 0.25) is 0 Å². The van der Waals surface area contributed by atoms with Crippen molar-refractivity contribution in [2.24, 2.45) is 5.16 Å². The zero-order valence-corrected chi connectivity index (χ0v) is 10.1. The van der Waals surface area contributed by atoms with Crippen molar-refractivity contribution in [1.29, 1.82) is 0 Å². The van der Waals surface area contributed by atoms with E-state index in [1.807, 2.05) is 6.92 Å². The third kappa shape index (κ3) is 2.86. The number of rotatable bonds is 4. The second-order valence-corrected chi connectivity index (χ2v) is 3.57. The van der Waals surface area contributed by atoms with Gasteiger partial charge in [-0.3, -0.25) is 0 Å². The summed E-state index contributed by atoms with van der Waals surface area (Å²) >= 11 is 3.36. The smallest absolute Gasteiger partial charge is 0.175 e. The van der Waals surface area contributed by atoms with Crippen molar-refractivity contribution in [3.63, 3.8) is 0 Å². The van der Waals surface area contributed by atoms with Gasteiger partial charge in [0.1, 0.15) is 0 Å². The van der Waals surface area contributed by atoms with Gasteiger partial charge in [0.15, 0.2) is 11.5 Å². The molecule has 82 valence electrons. The summed E-state index contributed by atoms with van der Waals surface area (Å²) in [5.74, 6) is 1.25. The highest BCUT2D eigenvalue weighted by Gasteiger charge is 2.10. The van der Waals surface area contributed by atoms with Crippen LogP contribution >= 0.6 is 15.9 Å². The summed E-state index contributed by atoms with van der Waals surface area (Å²) in [6.07, 6.45) is 1.32. The van der Waals surface area contributed by atoms with Gasteiger partial charge in [-0.1, -0.05) is 5.16 Å². The quantitative estimate of drug-likeness (QED) is 0.521. The molecule has 0 unspecified atom stereocenters. The first-order valence-corrected chi connectivity index (χ1v) is 5.20. The molecule has 15 heavy (non-hydrogen) atoms. The van der Waals surface area contributed by atoms with Crippen LogP contribution < -0.4 is 9.47 Å².